The molecule has 0 unspecified atom stereocenters. The van der Waals surface area contributed by atoms with Crippen LogP contribution in [0.2, 0.25) is 0 Å². The van der Waals surface area contributed by atoms with Crippen molar-refractivity contribution < 1.29 is 23.5 Å². The van der Waals surface area contributed by atoms with E-state index in [0.29, 0.717) is 11.3 Å². The largest absolute Gasteiger partial charge is 0.466 e. The van der Waals surface area contributed by atoms with Gasteiger partial charge in [0, 0.05) is 5.69 Å². The van der Waals surface area contributed by atoms with E-state index in [4.69, 9.17) is 0 Å². The zero-order valence-electron chi connectivity index (χ0n) is 13.2. The van der Waals surface area contributed by atoms with Crippen molar-refractivity contribution >= 4 is 17.6 Å². The molecule has 0 heterocycles. The molecule has 0 aliphatic rings. The summed E-state index contributed by atoms with van der Waals surface area (Å²) >= 11 is 0. The molecule has 0 atom stereocenters. The van der Waals surface area contributed by atoms with Gasteiger partial charge in [0.1, 0.15) is 11.5 Å². The number of ether oxygens (including phenoxy) is 2. The van der Waals surface area contributed by atoms with E-state index in [1.165, 1.54) is 26.4 Å². The predicted octanol–water partition coefficient (Wildman–Crippen LogP) is 3.13. The summed E-state index contributed by atoms with van der Waals surface area (Å²) < 4.78 is 22.5. The quantitative estimate of drug-likeness (QED) is 0.674. The van der Waals surface area contributed by atoms with Crippen molar-refractivity contribution in [3.63, 3.8) is 0 Å². The number of carbonyl (C=O) groups is 2. The third-order valence-electron chi connectivity index (χ3n) is 3.17. The van der Waals surface area contributed by atoms with Gasteiger partial charge >= 0.3 is 11.9 Å². The fraction of sp³-hybridized carbons (Fsp3) is 0.111. The minimum absolute atomic E-state index is 0.0688. The summed E-state index contributed by atoms with van der Waals surface area (Å²) in [5, 5.41) is 2.81. The van der Waals surface area contributed by atoms with Crippen LogP contribution in [-0.2, 0) is 19.1 Å². The van der Waals surface area contributed by atoms with Crippen LogP contribution in [0.25, 0.3) is 11.1 Å². The SMILES string of the molecule is COC(=O)/C=C(/Nc1cccc(-c2cccc(F)c2)c1)C(=O)OC. The maximum atomic E-state index is 13.4. The van der Waals surface area contributed by atoms with Gasteiger partial charge in [0.15, 0.2) is 0 Å². The molecule has 2 rings (SSSR count). The van der Waals surface area contributed by atoms with Crippen LogP contribution in [0.1, 0.15) is 0 Å². The topological polar surface area (TPSA) is 64.6 Å². The van der Waals surface area contributed by atoms with Crippen molar-refractivity contribution in [2.75, 3.05) is 19.5 Å². The van der Waals surface area contributed by atoms with E-state index in [2.05, 4.69) is 14.8 Å². The molecule has 0 aromatic heterocycles. The number of anilines is 1. The monoisotopic (exact) mass is 329 g/mol. The third kappa shape index (κ3) is 4.42. The maximum absolute atomic E-state index is 13.4. The molecule has 124 valence electrons. The average molecular weight is 329 g/mol. The molecule has 0 saturated heterocycles. The normalized spacial score (nSPS) is 10.9. The van der Waals surface area contributed by atoms with E-state index >= 15 is 0 Å². The van der Waals surface area contributed by atoms with Gasteiger partial charge in [-0.3, -0.25) is 0 Å². The Morgan fingerprint density at radius 3 is 2.29 bits per heavy atom. The second kappa shape index (κ2) is 7.92. The lowest BCUT2D eigenvalue weighted by molar-refractivity contribution is -0.138. The Labute approximate surface area is 138 Å². The molecule has 0 amide bonds. The van der Waals surface area contributed by atoms with Gasteiger partial charge in [0.25, 0.3) is 0 Å². The van der Waals surface area contributed by atoms with E-state index in [0.717, 1.165) is 11.6 Å². The zero-order chi connectivity index (χ0) is 17.5. The van der Waals surface area contributed by atoms with Crippen LogP contribution in [0.15, 0.2) is 60.3 Å². The van der Waals surface area contributed by atoms with E-state index in [9.17, 15) is 14.0 Å². The molecule has 1 N–H and O–H groups in total. The summed E-state index contributed by atoms with van der Waals surface area (Å²) in [6.45, 7) is 0. The Balaban J connectivity index is 2.31. The van der Waals surface area contributed by atoms with Gasteiger partial charge in [0.2, 0.25) is 0 Å². The van der Waals surface area contributed by atoms with Gasteiger partial charge in [-0.2, -0.15) is 0 Å². The first-order valence-corrected chi connectivity index (χ1v) is 7.04. The number of esters is 2. The number of hydrogen-bond donors (Lipinski definition) is 1. The lowest BCUT2D eigenvalue weighted by Crippen LogP contribution is -2.15. The van der Waals surface area contributed by atoms with Crippen molar-refractivity contribution in [1.29, 1.82) is 0 Å². The van der Waals surface area contributed by atoms with Crippen molar-refractivity contribution in [3.05, 3.63) is 66.1 Å². The fourth-order valence-corrected chi connectivity index (χ4v) is 2.03. The van der Waals surface area contributed by atoms with Crippen LogP contribution < -0.4 is 5.32 Å². The highest BCUT2D eigenvalue weighted by molar-refractivity contribution is 5.98. The number of nitrogens with one attached hydrogen (secondary N) is 1. The molecule has 0 spiro atoms. The summed E-state index contributed by atoms with van der Waals surface area (Å²) in [6.07, 6.45) is 1.00. The van der Waals surface area contributed by atoms with Crippen LogP contribution in [-0.4, -0.2) is 26.2 Å². The maximum Gasteiger partial charge on any atom is 0.354 e. The van der Waals surface area contributed by atoms with Crippen LogP contribution in [0, 0.1) is 5.82 Å². The first-order chi connectivity index (χ1) is 11.5. The highest BCUT2D eigenvalue weighted by atomic mass is 19.1. The minimum atomic E-state index is -0.712. The van der Waals surface area contributed by atoms with Crippen molar-refractivity contribution in [2.24, 2.45) is 0 Å². The predicted molar refractivity (Wildman–Crippen MR) is 87.6 cm³/mol. The number of rotatable bonds is 5. The highest BCUT2D eigenvalue weighted by Gasteiger charge is 2.13. The Kier molecular flexibility index (Phi) is 5.68. The molecule has 2 aromatic carbocycles. The summed E-state index contributed by atoms with van der Waals surface area (Å²) in [6, 6.07) is 13.1. The lowest BCUT2D eigenvalue weighted by atomic mass is 10.0. The van der Waals surface area contributed by atoms with Crippen molar-refractivity contribution in [3.8, 4) is 11.1 Å². The molecule has 0 saturated carbocycles. The second-order valence-corrected chi connectivity index (χ2v) is 4.79. The van der Waals surface area contributed by atoms with E-state index < -0.39 is 11.9 Å². The Morgan fingerprint density at radius 1 is 1.00 bits per heavy atom. The molecule has 2 aromatic rings. The molecular formula is C18H16FNO4. The molecule has 6 heteroatoms. The molecule has 24 heavy (non-hydrogen) atoms. The summed E-state index contributed by atoms with van der Waals surface area (Å²) in [7, 11) is 2.41. The van der Waals surface area contributed by atoms with E-state index in [1.807, 2.05) is 6.07 Å². The summed E-state index contributed by atoms with van der Waals surface area (Å²) in [4.78, 5) is 23.1. The van der Waals surface area contributed by atoms with Crippen LogP contribution >= 0.6 is 0 Å². The first-order valence-electron chi connectivity index (χ1n) is 7.04. The zero-order valence-corrected chi connectivity index (χ0v) is 13.2. The molecule has 0 radical (unpaired) electrons. The van der Waals surface area contributed by atoms with Gasteiger partial charge in [-0.15, -0.1) is 0 Å². The molecule has 0 aliphatic heterocycles. The lowest BCUT2D eigenvalue weighted by Gasteiger charge is -2.10. The van der Waals surface area contributed by atoms with Crippen molar-refractivity contribution in [1.82, 2.24) is 0 Å². The molecule has 0 aliphatic carbocycles. The minimum Gasteiger partial charge on any atom is -0.466 e. The Hall–Kier alpha value is -3.15. The first kappa shape index (κ1) is 17.2. The number of hydrogen-bond acceptors (Lipinski definition) is 5. The van der Waals surface area contributed by atoms with Gasteiger partial charge in [-0.05, 0) is 35.4 Å². The number of halogens is 1. The van der Waals surface area contributed by atoms with Gasteiger partial charge < -0.3 is 14.8 Å². The Morgan fingerprint density at radius 2 is 1.67 bits per heavy atom. The van der Waals surface area contributed by atoms with Crippen LogP contribution in [0.4, 0.5) is 10.1 Å². The smallest absolute Gasteiger partial charge is 0.354 e. The van der Waals surface area contributed by atoms with Crippen molar-refractivity contribution in [2.45, 2.75) is 0 Å². The van der Waals surface area contributed by atoms with Crippen LogP contribution in [0.3, 0.4) is 0 Å². The van der Waals surface area contributed by atoms with E-state index in [-0.39, 0.29) is 11.5 Å². The summed E-state index contributed by atoms with van der Waals surface area (Å²) in [5.41, 5.74) is 1.91. The highest BCUT2D eigenvalue weighted by Crippen LogP contribution is 2.24. The number of carbonyl (C=O) groups excluding carboxylic acids is 2. The molecule has 0 fully saturated rings. The van der Waals surface area contributed by atoms with Gasteiger partial charge in [-0.1, -0.05) is 24.3 Å². The van der Waals surface area contributed by atoms with E-state index in [1.54, 1.807) is 30.3 Å². The van der Waals surface area contributed by atoms with Gasteiger partial charge in [0.05, 0.1) is 20.3 Å². The second-order valence-electron chi connectivity index (χ2n) is 4.79. The third-order valence-corrected chi connectivity index (χ3v) is 3.17. The molecule has 0 bridgehead atoms. The molecule has 5 nitrogen and oxygen atoms in total. The average Bonchev–Trinajstić information content (AvgIpc) is 2.60. The van der Waals surface area contributed by atoms with Crippen LogP contribution in [0.5, 0.6) is 0 Å². The number of benzene rings is 2. The number of methoxy groups -OCH3 is 2. The fourth-order valence-electron chi connectivity index (χ4n) is 2.03. The summed E-state index contributed by atoms with van der Waals surface area (Å²) in [5.74, 6) is -1.74. The Bertz CT molecular complexity index is 786. The van der Waals surface area contributed by atoms with Gasteiger partial charge in [-0.25, -0.2) is 14.0 Å². The standard InChI is InChI=1S/C18H16FNO4/c1-23-17(21)11-16(18(22)24-2)20-15-8-4-6-13(10-15)12-5-3-7-14(19)9-12/h3-11,20H,1-2H3/b16-11+. The molecular weight excluding hydrogens is 313 g/mol.